The largest absolute Gasteiger partial charge is 0.355 e. The van der Waals surface area contributed by atoms with Crippen LogP contribution in [0.15, 0.2) is 35.7 Å². The molecule has 13 heteroatoms. The molecule has 1 fully saturated rings. The smallest absolute Gasteiger partial charge is 0.262 e. The molecule has 0 bridgehead atoms. The van der Waals surface area contributed by atoms with Gasteiger partial charge in [-0.1, -0.05) is 44.2 Å². The summed E-state index contributed by atoms with van der Waals surface area (Å²) < 4.78 is 0. The van der Waals surface area contributed by atoms with Crippen LogP contribution in [0.1, 0.15) is 72.8 Å². The minimum atomic E-state index is -1.04. The van der Waals surface area contributed by atoms with Crippen LogP contribution in [0.25, 0.3) is 0 Å². The summed E-state index contributed by atoms with van der Waals surface area (Å²) in [5, 5.41) is 15.9. The van der Waals surface area contributed by atoms with E-state index in [2.05, 4.69) is 26.6 Å². The minimum absolute atomic E-state index is 0.185. The van der Waals surface area contributed by atoms with E-state index in [9.17, 15) is 28.8 Å². The van der Waals surface area contributed by atoms with Gasteiger partial charge in [-0.15, -0.1) is 11.3 Å². The van der Waals surface area contributed by atoms with Gasteiger partial charge in [0.2, 0.25) is 29.5 Å². The van der Waals surface area contributed by atoms with Crippen LogP contribution in [0.5, 0.6) is 0 Å². The summed E-state index contributed by atoms with van der Waals surface area (Å²) in [4.78, 5) is 81.9. The Labute approximate surface area is 279 Å². The van der Waals surface area contributed by atoms with Gasteiger partial charge in [0, 0.05) is 20.0 Å². The first-order valence-corrected chi connectivity index (χ1v) is 17.2. The number of carbonyl (C=O) groups excluding carboxylic acids is 6. The van der Waals surface area contributed by atoms with E-state index >= 15 is 0 Å². The molecule has 5 N–H and O–H groups in total. The summed E-state index contributed by atoms with van der Waals surface area (Å²) in [6.07, 6.45) is 4.57. The molecule has 254 valence electrons. The van der Waals surface area contributed by atoms with Gasteiger partial charge in [0.25, 0.3) is 5.91 Å². The fourth-order valence-corrected chi connectivity index (χ4v) is 6.92. The molecule has 2 aliphatic rings. The molecule has 2 aromatic rings. The number of aryl methyl sites for hydroxylation is 1. The molecule has 0 radical (unpaired) electrons. The van der Waals surface area contributed by atoms with Crippen molar-refractivity contribution in [2.45, 2.75) is 89.9 Å². The van der Waals surface area contributed by atoms with Crippen molar-refractivity contribution in [2.24, 2.45) is 5.92 Å². The van der Waals surface area contributed by atoms with E-state index in [-0.39, 0.29) is 37.8 Å². The van der Waals surface area contributed by atoms with E-state index in [0.717, 1.165) is 36.8 Å². The van der Waals surface area contributed by atoms with E-state index in [1.807, 2.05) is 35.7 Å². The molecule has 1 aliphatic heterocycles. The number of fused-ring (bicyclic) bond motifs is 1. The summed E-state index contributed by atoms with van der Waals surface area (Å²) in [6.45, 7) is 4.99. The first kappa shape index (κ1) is 35.6. The number of hydrogen-bond donors (Lipinski definition) is 5. The molecule has 0 unspecified atom stereocenters. The monoisotopic (exact) mass is 666 g/mol. The molecule has 1 aromatic heterocycles. The molecule has 4 rings (SSSR count). The van der Waals surface area contributed by atoms with Crippen molar-refractivity contribution >= 4 is 46.8 Å². The third-order valence-corrected chi connectivity index (χ3v) is 9.65. The highest BCUT2D eigenvalue weighted by Gasteiger charge is 2.33. The zero-order valence-electron chi connectivity index (χ0n) is 27.5. The van der Waals surface area contributed by atoms with Crippen LogP contribution in [0.4, 0.5) is 0 Å². The molecule has 0 spiro atoms. The number of thiophene rings is 1. The summed E-state index contributed by atoms with van der Waals surface area (Å²) in [5.74, 6) is -3.23. The number of nitrogens with one attached hydrogen (secondary N) is 5. The normalized spacial score (nSPS) is 23.9. The van der Waals surface area contributed by atoms with Gasteiger partial charge in [-0.3, -0.25) is 28.8 Å². The van der Waals surface area contributed by atoms with Crippen molar-refractivity contribution in [1.82, 2.24) is 31.5 Å². The second kappa shape index (κ2) is 16.5. The Bertz CT molecular complexity index is 1460. The predicted octanol–water partition coefficient (Wildman–Crippen LogP) is 1.47. The van der Waals surface area contributed by atoms with E-state index < -0.39 is 53.7 Å². The zero-order chi connectivity index (χ0) is 34.1. The highest BCUT2D eigenvalue weighted by atomic mass is 32.1. The Morgan fingerprint density at radius 2 is 1.68 bits per heavy atom. The molecular weight excluding hydrogens is 620 g/mol. The van der Waals surface area contributed by atoms with E-state index in [1.54, 1.807) is 13.8 Å². The lowest BCUT2D eigenvalue weighted by atomic mass is 9.93. The van der Waals surface area contributed by atoms with Crippen molar-refractivity contribution in [3.05, 3.63) is 57.3 Å². The van der Waals surface area contributed by atoms with E-state index in [1.165, 1.54) is 35.8 Å². The van der Waals surface area contributed by atoms with Gasteiger partial charge in [-0.25, -0.2) is 0 Å². The number of hydrogen-bond acceptors (Lipinski definition) is 7. The van der Waals surface area contributed by atoms with Crippen LogP contribution in [0, 0.1) is 5.92 Å². The molecule has 47 heavy (non-hydrogen) atoms. The second-order valence-electron chi connectivity index (χ2n) is 12.7. The highest BCUT2D eigenvalue weighted by Crippen LogP contribution is 2.30. The van der Waals surface area contributed by atoms with Crippen molar-refractivity contribution in [1.29, 1.82) is 0 Å². The molecule has 4 atom stereocenters. The maximum absolute atomic E-state index is 13.7. The summed E-state index contributed by atoms with van der Waals surface area (Å²) in [5.41, 5.74) is 3.02. The Morgan fingerprint density at radius 1 is 0.957 bits per heavy atom. The molecule has 6 amide bonds. The van der Waals surface area contributed by atoms with Crippen molar-refractivity contribution < 1.29 is 28.8 Å². The molecule has 1 saturated heterocycles. The Kier molecular flexibility index (Phi) is 12.5. The lowest BCUT2D eigenvalue weighted by Crippen LogP contribution is -2.59. The molecular formula is C34H46N6O6S. The fourth-order valence-electron chi connectivity index (χ4n) is 5.86. The predicted molar refractivity (Wildman–Crippen MR) is 179 cm³/mol. The third kappa shape index (κ3) is 9.63. The van der Waals surface area contributed by atoms with Gasteiger partial charge < -0.3 is 31.5 Å². The van der Waals surface area contributed by atoms with Crippen LogP contribution < -0.4 is 26.6 Å². The van der Waals surface area contributed by atoms with Gasteiger partial charge in [-0.05, 0) is 73.4 Å². The number of likely N-dealkylation sites (N-methyl/N-ethyl adjacent to an activating group) is 1. The third-order valence-electron chi connectivity index (χ3n) is 8.58. The number of amides is 6. The quantitative estimate of drug-likeness (QED) is 0.324. The van der Waals surface area contributed by atoms with Crippen LogP contribution in [0.2, 0.25) is 0 Å². The van der Waals surface area contributed by atoms with Crippen LogP contribution in [-0.2, 0) is 43.2 Å². The van der Waals surface area contributed by atoms with E-state index in [4.69, 9.17) is 0 Å². The number of rotatable bonds is 5. The van der Waals surface area contributed by atoms with Gasteiger partial charge in [0.15, 0.2) is 0 Å². The molecule has 0 saturated carbocycles. The first-order chi connectivity index (χ1) is 22.4. The van der Waals surface area contributed by atoms with Crippen LogP contribution >= 0.6 is 11.3 Å². The highest BCUT2D eigenvalue weighted by molar-refractivity contribution is 7.12. The molecule has 1 aromatic carbocycles. The first-order valence-electron chi connectivity index (χ1n) is 16.3. The van der Waals surface area contributed by atoms with Crippen molar-refractivity contribution in [3.8, 4) is 0 Å². The number of benzene rings is 1. The van der Waals surface area contributed by atoms with Gasteiger partial charge in [-0.2, -0.15) is 0 Å². The summed E-state index contributed by atoms with van der Waals surface area (Å²) in [6, 6.07) is 5.17. The van der Waals surface area contributed by atoms with Gasteiger partial charge in [0.05, 0.1) is 11.4 Å². The Morgan fingerprint density at radius 3 is 2.40 bits per heavy atom. The second-order valence-corrected chi connectivity index (χ2v) is 13.6. The average molecular weight is 667 g/mol. The van der Waals surface area contributed by atoms with Crippen molar-refractivity contribution in [2.75, 3.05) is 20.1 Å². The Balaban J connectivity index is 1.54. The van der Waals surface area contributed by atoms with E-state index in [0.29, 0.717) is 11.3 Å². The maximum atomic E-state index is 13.7. The van der Waals surface area contributed by atoms with Crippen LogP contribution in [0.3, 0.4) is 0 Å². The fraction of sp³-hybridized carbons (Fsp3) is 0.529. The molecule has 12 nitrogen and oxygen atoms in total. The average Bonchev–Trinajstić information content (AvgIpc) is 3.48. The standard InChI is InChI=1S/C34H46N6O6S/c1-20(2)28-32(44)36-21(3)30(42)38-26(17-22-11-6-5-7-12-22)34(46)40(4)18-27(41)35-16-10-15-25(31(43)39-28)37-33(45)29-24-14-9-8-13-23(24)19-47-29/h5-7,11-12,19-21,25-26,28H,8-10,13-18H2,1-4H3,(H,35,41)(H,36,44)(H,37,45)(H,38,42)(H,39,43)/t21-,25+,26+,28-/m1/s1. The lowest BCUT2D eigenvalue weighted by Gasteiger charge is -2.28. The Hall–Kier alpha value is -4.26. The number of carbonyl (C=O) groups is 6. The molecule has 1 aliphatic carbocycles. The summed E-state index contributed by atoms with van der Waals surface area (Å²) in [7, 11) is 1.49. The zero-order valence-corrected chi connectivity index (χ0v) is 28.3. The topological polar surface area (TPSA) is 166 Å². The minimum Gasteiger partial charge on any atom is -0.355 e. The van der Waals surface area contributed by atoms with Crippen molar-refractivity contribution in [3.63, 3.8) is 0 Å². The number of nitrogens with zero attached hydrogens (tertiary/aromatic N) is 1. The maximum Gasteiger partial charge on any atom is 0.262 e. The van der Waals surface area contributed by atoms with Gasteiger partial charge >= 0.3 is 0 Å². The van der Waals surface area contributed by atoms with Crippen LogP contribution in [-0.4, -0.2) is 84.6 Å². The molecule has 2 heterocycles. The van der Waals surface area contributed by atoms with Gasteiger partial charge in [0.1, 0.15) is 24.2 Å². The SMILES string of the molecule is CC(C)[C@H]1NC(=O)[C@@H](NC(=O)c2scc3c2CCCC3)CCCNC(=O)CN(C)C(=O)[C@H](Cc2ccccc2)NC(=O)[C@@H](C)NC1=O. The lowest BCUT2D eigenvalue weighted by molar-refractivity contribution is -0.139. The summed E-state index contributed by atoms with van der Waals surface area (Å²) >= 11 is 1.37.